The van der Waals surface area contributed by atoms with Crippen molar-refractivity contribution in [3.05, 3.63) is 46.3 Å². The van der Waals surface area contributed by atoms with E-state index < -0.39 is 10.0 Å². The first-order valence-electron chi connectivity index (χ1n) is 8.92. The van der Waals surface area contributed by atoms with Crippen LogP contribution in [0.5, 0.6) is 0 Å². The van der Waals surface area contributed by atoms with E-state index in [0.29, 0.717) is 41.5 Å². The van der Waals surface area contributed by atoms with Gasteiger partial charge in [0.2, 0.25) is 0 Å². The molecule has 152 valence electrons. The van der Waals surface area contributed by atoms with Crippen LogP contribution in [-0.2, 0) is 17.1 Å². The van der Waals surface area contributed by atoms with E-state index in [1.807, 2.05) is 6.92 Å². The second kappa shape index (κ2) is 8.41. The highest BCUT2D eigenvalue weighted by Gasteiger charge is 2.33. The molecule has 1 aromatic heterocycles. The molecule has 1 saturated heterocycles. The summed E-state index contributed by atoms with van der Waals surface area (Å²) >= 11 is 12.0. The van der Waals surface area contributed by atoms with Crippen molar-refractivity contribution < 1.29 is 13.2 Å². The highest BCUT2D eigenvalue weighted by Crippen LogP contribution is 2.26. The van der Waals surface area contributed by atoms with Crippen molar-refractivity contribution in [2.24, 2.45) is 13.0 Å². The Hall–Kier alpha value is -1.61. The van der Waals surface area contributed by atoms with Gasteiger partial charge < -0.3 is 9.88 Å². The number of carbonyl (C=O) groups excluding carboxylic acids is 1. The summed E-state index contributed by atoms with van der Waals surface area (Å²) in [6.45, 7) is 2.71. The van der Waals surface area contributed by atoms with Gasteiger partial charge in [-0.25, -0.2) is 13.4 Å². The Balaban J connectivity index is 1.59. The third-order valence-corrected chi connectivity index (χ3v) is 7.36. The molecule has 1 aromatic carbocycles. The standard InChI is InChI=1S/C18H22Cl2N4O3S/c1-12(22-18(25)15-4-3-14(19)9-16(15)20)13-5-7-24(8-6-13)28(26,27)17-10-23(2)11-21-17/h3-4,9-13H,5-8H2,1-2H3,(H,22,25). The summed E-state index contributed by atoms with van der Waals surface area (Å²) in [4.78, 5) is 16.4. The molecular weight excluding hydrogens is 423 g/mol. The zero-order valence-corrected chi connectivity index (χ0v) is 17.9. The number of nitrogens with zero attached hydrogens (tertiary/aromatic N) is 3. The van der Waals surface area contributed by atoms with Gasteiger partial charge in [0.15, 0.2) is 5.03 Å². The number of hydrogen-bond donors (Lipinski definition) is 1. The van der Waals surface area contributed by atoms with Crippen LogP contribution in [0.2, 0.25) is 10.0 Å². The average molecular weight is 445 g/mol. The van der Waals surface area contributed by atoms with Gasteiger partial charge >= 0.3 is 0 Å². The Kier molecular flexibility index (Phi) is 6.34. The van der Waals surface area contributed by atoms with Crippen molar-refractivity contribution in [1.82, 2.24) is 19.2 Å². The van der Waals surface area contributed by atoms with Gasteiger partial charge in [-0.3, -0.25) is 4.79 Å². The minimum absolute atomic E-state index is 0.0622. The van der Waals surface area contributed by atoms with Gasteiger partial charge in [0.1, 0.15) is 0 Å². The summed E-state index contributed by atoms with van der Waals surface area (Å²) in [5.74, 6) is -0.0945. The van der Waals surface area contributed by atoms with Crippen LogP contribution in [0.1, 0.15) is 30.1 Å². The van der Waals surface area contributed by atoms with Gasteiger partial charge in [-0.1, -0.05) is 23.2 Å². The van der Waals surface area contributed by atoms with Crippen LogP contribution in [0.25, 0.3) is 0 Å². The van der Waals surface area contributed by atoms with Crippen LogP contribution in [0.4, 0.5) is 0 Å². The summed E-state index contributed by atoms with van der Waals surface area (Å²) in [5.41, 5.74) is 0.369. The number of rotatable bonds is 5. The Morgan fingerprint density at radius 1 is 1.29 bits per heavy atom. The van der Waals surface area contributed by atoms with E-state index in [9.17, 15) is 13.2 Å². The fourth-order valence-corrected chi connectivity index (χ4v) is 5.28. The molecule has 0 saturated carbocycles. The van der Waals surface area contributed by atoms with Gasteiger partial charge in [0, 0.05) is 37.4 Å². The van der Waals surface area contributed by atoms with Crippen molar-refractivity contribution in [2.45, 2.75) is 30.8 Å². The third-order valence-electron chi connectivity index (χ3n) is 5.03. The second-order valence-electron chi connectivity index (χ2n) is 7.01. The van der Waals surface area contributed by atoms with Crippen LogP contribution in [-0.4, -0.2) is 47.3 Å². The third kappa shape index (κ3) is 4.51. The molecule has 1 aliphatic heterocycles. The van der Waals surface area contributed by atoms with Gasteiger partial charge in [0.25, 0.3) is 15.9 Å². The normalized spacial score (nSPS) is 17.4. The highest BCUT2D eigenvalue weighted by molar-refractivity contribution is 7.89. The molecule has 1 unspecified atom stereocenters. The molecule has 1 amide bonds. The first-order chi connectivity index (χ1) is 13.2. The summed E-state index contributed by atoms with van der Waals surface area (Å²) in [7, 11) is -1.85. The van der Waals surface area contributed by atoms with Crippen molar-refractivity contribution in [3.63, 3.8) is 0 Å². The van der Waals surface area contributed by atoms with E-state index in [2.05, 4.69) is 10.3 Å². The molecule has 0 aliphatic carbocycles. The van der Waals surface area contributed by atoms with Gasteiger partial charge in [-0.15, -0.1) is 0 Å². The van der Waals surface area contributed by atoms with Gasteiger partial charge in [0.05, 0.1) is 16.9 Å². The monoisotopic (exact) mass is 444 g/mol. The lowest BCUT2D eigenvalue weighted by Crippen LogP contribution is -2.45. The minimum atomic E-state index is -3.58. The maximum absolute atomic E-state index is 12.7. The average Bonchev–Trinajstić information content (AvgIpc) is 3.09. The van der Waals surface area contributed by atoms with Crippen molar-refractivity contribution >= 4 is 39.1 Å². The Labute approximate surface area is 174 Å². The molecule has 0 radical (unpaired) electrons. The van der Waals surface area contributed by atoms with Gasteiger partial charge in [-0.05, 0) is 43.9 Å². The number of benzene rings is 1. The topological polar surface area (TPSA) is 84.3 Å². The number of aryl methyl sites for hydroxylation is 1. The number of sulfonamides is 1. The maximum atomic E-state index is 12.7. The van der Waals surface area contributed by atoms with Crippen molar-refractivity contribution in [3.8, 4) is 0 Å². The van der Waals surface area contributed by atoms with Crippen molar-refractivity contribution in [1.29, 1.82) is 0 Å². The molecule has 2 aromatic rings. The quantitative estimate of drug-likeness (QED) is 0.767. The predicted molar refractivity (Wildman–Crippen MR) is 108 cm³/mol. The maximum Gasteiger partial charge on any atom is 0.262 e. The minimum Gasteiger partial charge on any atom is -0.349 e. The lowest BCUT2D eigenvalue weighted by atomic mass is 9.91. The molecule has 1 aliphatic rings. The zero-order chi connectivity index (χ0) is 20.5. The zero-order valence-electron chi connectivity index (χ0n) is 15.6. The number of nitrogens with one attached hydrogen (secondary N) is 1. The molecular formula is C18H22Cl2N4O3S. The molecule has 1 fully saturated rings. The molecule has 7 nitrogen and oxygen atoms in total. The molecule has 28 heavy (non-hydrogen) atoms. The van der Waals surface area contributed by atoms with Crippen LogP contribution in [0.3, 0.4) is 0 Å². The van der Waals surface area contributed by atoms with E-state index in [4.69, 9.17) is 23.2 Å². The van der Waals surface area contributed by atoms with E-state index in [1.165, 1.54) is 22.9 Å². The first kappa shape index (κ1) is 21.1. The smallest absolute Gasteiger partial charge is 0.262 e. The van der Waals surface area contributed by atoms with E-state index in [1.54, 1.807) is 23.7 Å². The SMILES string of the molecule is CC(NC(=O)c1ccc(Cl)cc1Cl)C1CCN(S(=O)(=O)c2cn(C)cn2)CC1. The Bertz CT molecular complexity index is 969. The fraction of sp³-hybridized carbons (Fsp3) is 0.444. The number of halogens is 2. The number of hydrogen-bond acceptors (Lipinski definition) is 4. The highest BCUT2D eigenvalue weighted by atomic mass is 35.5. The molecule has 0 bridgehead atoms. The lowest BCUT2D eigenvalue weighted by Gasteiger charge is -2.34. The number of piperidine rings is 1. The Morgan fingerprint density at radius 2 is 1.96 bits per heavy atom. The Morgan fingerprint density at radius 3 is 2.54 bits per heavy atom. The summed E-state index contributed by atoms with van der Waals surface area (Å²) in [6, 6.07) is 4.63. The second-order valence-corrected chi connectivity index (χ2v) is 9.73. The summed E-state index contributed by atoms with van der Waals surface area (Å²) in [5, 5.41) is 3.79. The molecule has 1 N–H and O–H groups in total. The number of amides is 1. The number of carbonyl (C=O) groups is 1. The largest absolute Gasteiger partial charge is 0.349 e. The molecule has 2 heterocycles. The van der Waals surface area contributed by atoms with Crippen molar-refractivity contribution in [2.75, 3.05) is 13.1 Å². The summed E-state index contributed by atoms with van der Waals surface area (Å²) in [6.07, 6.45) is 4.28. The van der Waals surface area contributed by atoms with Crippen LogP contribution in [0, 0.1) is 5.92 Å². The molecule has 1 atom stereocenters. The number of imidazole rings is 1. The first-order valence-corrected chi connectivity index (χ1v) is 11.1. The summed E-state index contributed by atoms with van der Waals surface area (Å²) < 4.78 is 28.4. The predicted octanol–water partition coefficient (Wildman–Crippen LogP) is 2.95. The van der Waals surface area contributed by atoms with E-state index in [0.717, 1.165) is 0 Å². The lowest BCUT2D eigenvalue weighted by molar-refractivity contribution is 0.0915. The van der Waals surface area contributed by atoms with Crippen LogP contribution < -0.4 is 5.32 Å². The van der Waals surface area contributed by atoms with Crippen LogP contribution >= 0.6 is 23.2 Å². The number of aromatic nitrogens is 2. The van der Waals surface area contributed by atoms with Crippen LogP contribution in [0.15, 0.2) is 35.7 Å². The molecule has 0 spiro atoms. The molecule has 3 rings (SSSR count). The van der Waals surface area contributed by atoms with E-state index in [-0.39, 0.29) is 22.9 Å². The molecule has 10 heteroatoms. The fourth-order valence-electron chi connectivity index (χ4n) is 3.35. The van der Waals surface area contributed by atoms with E-state index >= 15 is 0 Å². The van der Waals surface area contributed by atoms with Gasteiger partial charge in [-0.2, -0.15) is 4.31 Å².